The van der Waals surface area contributed by atoms with Gasteiger partial charge in [-0.15, -0.1) is 6.42 Å². The molecule has 2 atom stereocenters. The Morgan fingerprint density at radius 2 is 2.42 bits per heavy atom. The molecule has 0 fully saturated rings. The molecule has 64 valence electrons. The second-order valence-corrected chi connectivity index (χ2v) is 3.41. The van der Waals surface area contributed by atoms with Gasteiger partial charge in [-0.05, 0) is 26.5 Å². The number of terminal acetylenes is 1. The van der Waals surface area contributed by atoms with Crippen molar-refractivity contribution in [3.8, 4) is 12.3 Å². The standard InChI is InChI=1S/C11H15N/c1-5-10(12-4)8-11(6-2)7-9(11)3/h1,7,10H,4,6,8H2,2-3H3. The van der Waals surface area contributed by atoms with Crippen LogP contribution in [0.5, 0.6) is 0 Å². The smallest absolute Gasteiger partial charge is 0.110 e. The molecule has 0 radical (unpaired) electrons. The maximum absolute atomic E-state index is 5.31. The summed E-state index contributed by atoms with van der Waals surface area (Å²) in [5.41, 5.74) is 1.74. The summed E-state index contributed by atoms with van der Waals surface area (Å²) in [6.07, 6.45) is 9.66. The third-order valence-electron chi connectivity index (χ3n) is 2.80. The van der Waals surface area contributed by atoms with Gasteiger partial charge in [-0.2, -0.15) is 0 Å². The highest BCUT2D eigenvalue weighted by Crippen LogP contribution is 2.50. The zero-order valence-corrected chi connectivity index (χ0v) is 7.80. The Morgan fingerprint density at radius 3 is 2.67 bits per heavy atom. The highest BCUT2D eigenvalue weighted by atomic mass is 14.7. The fourth-order valence-corrected chi connectivity index (χ4v) is 1.64. The molecule has 0 aromatic rings. The van der Waals surface area contributed by atoms with Crippen molar-refractivity contribution in [2.45, 2.75) is 32.7 Å². The predicted molar refractivity (Wildman–Crippen MR) is 53.3 cm³/mol. The van der Waals surface area contributed by atoms with Crippen molar-refractivity contribution in [2.24, 2.45) is 10.4 Å². The number of nitrogens with zero attached hydrogens (tertiary/aromatic N) is 1. The normalized spacial score (nSPS) is 28.6. The van der Waals surface area contributed by atoms with Crippen LogP contribution in [0.3, 0.4) is 0 Å². The quantitative estimate of drug-likeness (QED) is 0.341. The van der Waals surface area contributed by atoms with Crippen LogP contribution < -0.4 is 0 Å². The SMILES string of the molecule is C#CC(CC1(CC)C=C1C)N=C. The van der Waals surface area contributed by atoms with Crippen LogP contribution in [0, 0.1) is 17.8 Å². The molecule has 1 aliphatic carbocycles. The second-order valence-electron chi connectivity index (χ2n) is 3.41. The van der Waals surface area contributed by atoms with Gasteiger partial charge in [0.15, 0.2) is 0 Å². The van der Waals surface area contributed by atoms with E-state index in [1.165, 1.54) is 5.57 Å². The first kappa shape index (κ1) is 9.06. The van der Waals surface area contributed by atoms with E-state index in [0.717, 1.165) is 12.8 Å². The van der Waals surface area contributed by atoms with Crippen LogP contribution in [0.25, 0.3) is 0 Å². The molecule has 1 rings (SSSR count). The first-order chi connectivity index (χ1) is 5.68. The van der Waals surface area contributed by atoms with Crippen LogP contribution >= 0.6 is 0 Å². The molecule has 0 amide bonds. The summed E-state index contributed by atoms with van der Waals surface area (Å²) in [6, 6.07) is -0.0151. The van der Waals surface area contributed by atoms with Crippen molar-refractivity contribution in [1.82, 2.24) is 0 Å². The van der Waals surface area contributed by atoms with E-state index < -0.39 is 0 Å². The van der Waals surface area contributed by atoms with Crippen molar-refractivity contribution in [2.75, 3.05) is 0 Å². The molecule has 0 aromatic carbocycles. The molecule has 0 aliphatic heterocycles. The zero-order chi connectivity index (χ0) is 9.19. The molecule has 0 spiro atoms. The van der Waals surface area contributed by atoms with E-state index in [1.807, 2.05) is 0 Å². The maximum Gasteiger partial charge on any atom is 0.110 e. The van der Waals surface area contributed by atoms with Crippen LogP contribution in [-0.2, 0) is 0 Å². The van der Waals surface area contributed by atoms with Gasteiger partial charge in [0, 0.05) is 5.41 Å². The summed E-state index contributed by atoms with van der Waals surface area (Å²) in [5.74, 6) is 2.64. The average Bonchev–Trinajstić information content (AvgIpc) is 2.73. The summed E-state index contributed by atoms with van der Waals surface area (Å²) in [5, 5.41) is 0. The van der Waals surface area contributed by atoms with E-state index in [0.29, 0.717) is 0 Å². The van der Waals surface area contributed by atoms with Gasteiger partial charge in [-0.25, -0.2) is 0 Å². The second kappa shape index (κ2) is 3.15. The number of hydrogen-bond acceptors (Lipinski definition) is 1. The Bertz CT molecular complexity index is 257. The van der Waals surface area contributed by atoms with Crippen LogP contribution in [0.15, 0.2) is 16.6 Å². The first-order valence-corrected chi connectivity index (χ1v) is 4.30. The minimum Gasteiger partial charge on any atom is -0.285 e. The number of allylic oxidation sites excluding steroid dienone is 2. The molecular formula is C11H15N. The van der Waals surface area contributed by atoms with Crippen molar-refractivity contribution in [3.05, 3.63) is 11.6 Å². The van der Waals surface area contributed by atoms with Crippen molar-refractivity contribution >= 4 is 6.72 Å². The molecule has 1 aliphatic rings. The monoisotopic (exact) mass is 161 g/mol. The van der Waals surface area contributed by atoms with Crippen LogP contribution in [0.4, 0.5) is 0 Å². The lowest BCUT2D eigenvalue weighted by Gasteiger charge is -2.16. The van der Waals surface area contributed by atoms with Crippen LogP contribution in [-0.4, -0.2) is 12.8 Å². The third kappa shape index (κ3) is 1.43. The van der Waals surface area contributed by atoms with Crippen LogP contribution in [0.1, 0.15) is 26.7 Å². The lowest BCUT2D eigenvalue weighted by atomic mass is 9.89. The summed E-state index contributed by atoms with van der Waals surface area (Å²) >= 11 is 0. The van der Waals surface area contributed by atoms with Gasteiger partial charge < -0.3 is 0 Å². The molecule has 0 aromatic heterocycles. The molecule has 0 saturated heterocycles. The molecular weight excluding hydrogens is 146 g/mol. The van der Waals surface area contributed by atoms with E-state index in [4.69, 9.17) is 6.42 Å². The van der Waals surface area contributed by atoms with E-state index in [2.05, 4.69) is 37.6 Å². The van der Waals surface area contributed by atoms with Gasteiger partial charge >= 0.3 is 0 Å². The average molecular weight is 161 g/mol. The Morgan fingerprint density at radius 1 is 1.83 bits per heavy atom. The molecule has 12 heavy (non-hydrogen) atoms. The van der Waals surface area contributed by atoms with E-state index >= 15 is 0 Å². The highest BCUT2D eigenvalue weighted by Gasteiger charge is 2.40. The zero-order valence-electron chi connectivity index (χ0n) is 7.80. The Balaban J connectivity index is 2.52. The summed E-state index contributed by atoms with van der Waals surface area (Å²) in [7, 11) is 0. The predicted octanol–water partition coefficient (Wildman–Crippen LogP) is 2.44. The molecule has 0 saturated carbocycles. The maximum atomic E-state index is 5.31. The molecule has 1 nitrogen and oxygen atoms in total. The molecule has 0 N–H and O–H groups in total. The fraction of sp³-hybridized carbons (Fsp3) is 0.545. The molecule has 2 unspecified atom stereocenters. The lowest BCUT2D eigenvalue weighted by molar-refractivity contribution is 0.466. The van der Waals surface area contributed by atoms with Gasteiger partial charge in [0.1, 0.15) is 6.04 Å². The topological polar surface area (TPSA) is 12.4 Å². The van der Waals surface area contributed by atoms with E-state index in [9.17, 15) is 0 Å². The number of rotatable bonds is 4. The summed E-state index contributed by atoms with van der Waals surface area (Å²) < 4.78 is 0. The number of hydrogen-bond donors (Lipinski definition) is 0. The van der Waals surface area contributed by atoms with Crippen LogP contribution in [0.2, 0.25) is 0 Å². The van der Waals surface area contributed by atoms with Crippen molar-refractivity contribution in [1.29, 1.82) is 0 Å². The minimum absolute atomic E-state index is 0.0151. The largest absolute Gasteiger partial charge is 0.285 e. The van der Waals surface area contributed by atoms with E-state index in [1.54, 1.807) is 0 Å². The minimum atomic E-state index is -0.0151. The third-order valence-corrected chi connectivity index (χ3v) is 2.80. The Kier molecular flexibility index (Phi) is 2.38. The molecule has 1 heteroatoms. The first-order valence-electron chi connectivity index (χ1n) is 4.30. The Labute approximate surface area is 74.6 Å². The lowest BCUT2D eigenvalue weighted by Crippen LogP contribution is -2.12. The molecule has 0 bridgehead atoms. The van der Waals surface area contributed by atoms with Crippen molar-refractivity contribution in [3.63, 3.8) is 0 Å². The Hall–Kier alpha value is -1.03. The van der Waals surface area contributed by atoms with Crippen molar-refractivity contribution < 1.29 is 0 Å². The summed E-state index contributed by atoms with van der Waals surface area (Å²) in [6.45, 7) is 7.82. The fourth-order valence-electron chi connectivity index (χ4n) is 1.64. The molecule has 0 heterocycles. The van der Waals surface area contributed by atoms with Gasteiger partial charge in [-0.1, -0.05) is 24.5 Å². The van der Waals surface area contributed by atoms with Gasteiger partial charge in [0.25, 0.3) is 0 Å². The van der Waals surface area contributed by atoms with Gasteiger partial charge in [0.2, 0.25) is 0 Å². The van der Waals surface area contributed by atoms with E-state index in [-0.39, 0.29) is 11.5 Å². The number of aliphatic imine (C=N–C) groups is 1. The summed E-state index contributed by atoms with van der Waals surface area (Å²) in [4.78, 5) is 3.89. The van der Waals surface area contributed by atoms with Gasteiger partial charge in [0.05, 0.1) is 0 Å². The highest BCUT2D eigenvalue weighted by molar-refractivity contribution is 5.38. The van der Waals surface area contributed by atoms with Gasteiger partial charge in [-0.3, -0.25) is 4.99 Å².